The van der Waals surface area contributed by atoms with E-state index in [1.54, 1.807) is 42.5 Å². The zero-order chi connectivity index (χ0) is 22.1. The molecule has 160 valence electrons. The van der Waals surface area contributed by atoms with Gasteiger partial charge in [0.25, 0.3) is 11.8 Å². The molecule has 1 aromatic heterocycles. The molecule has 0 saturated heterocycles. The van der Waals surface area contributed by atoms with Gasteiger partial charge in [-0.25, -0.2) is 4.79 Å². The molecule has 0 aliphatic rings. The maximum Gasteiger partial charge on any atom is 0.324 e. The van der Waals surface area contributed by atoms with Crippen LogP contribution < -0.4 is 21.3 Å². The lowest BCUT2D eigenvalue weighted by molar-refractivity contribution is 0.0948. The van der Waals surface area contributed by atoms with Crippen LogP contribution in [0.25, 0.3) is 0 Å². The van der Waals surface area contributed by atoms with Gasteiger partial charge in [0, 0.05) is 24.3 Å². The monoisotopic (exact) mass is 436 g/mol. The molecular formula is C23H24N4O3S. The molecule has 0 saturated carbocycles. The van der Waals surface area contributed by atoms with Crippen LogP contribution >= 0.6 is 11.3 Å². The molecule has 0 bridgehead atoms. The molecule has 0 unspecified atom stereocenters. The molecule has 31 heavy (non-hydrogen) atoms. The number of rotatable bonds is 8. The van der Waals surface area contributed by atoms with Crippen molar-refractivity contribution in [3.63, 3.8) is 0 Å². The maximum atomic E-state index is 12.5. The van der Waals surface area contributed by atoms with Crippen LogP contribution in [0.3, 0.4) is 0 Å². The number of para-hydroxylation sites is 1. The first-order chi connectivity index (χ1) is 15.0. The highest BCUT2D eigenvalue weighted by molar-refractivity contribution is 7.18. The number of amides is 4. The number of benzene rings is 2. The minimum Gasteiger partial charge on any atom is -0.352 e. The molecule has 1 heterocycles. The number of nitrogens with one attached hydrogen (secondary N) is 4. The van der Waals surface area contributed by atoms with Crippen LogP contribution in [-0.2, 0) is 6.54 Å². The van der Waals surface area contributed by atoms with E-state index in [4.69, 9.17) is 0 Å². The van der Waals surface area contributed by atoms with Gasteiger partial charge >= 0.3 is 6.03 Å². The lowest BCUT2D eigenvalue weighted by atomic mass is 10.1. The molecule has 3 rings (SSSR count). The number of hydrogen-bond acceptors (Lipinski definition) is 4. The second-order valence-corrected chi connectivity index (χ2v) is 7.83. The molecule has 0 aliphatic carbocycles. The fraction of sp³-hybridized carbons (Fsp3) is 0.174. The zero-order valence-electron chi connectivity index (χ0n) is 17.1. The predicted molar refractivity (Wildman–Crippen MR) is 124 cm³/mol. The van der Waals surface area contributed by atoms with Gasteiger partial charge in [-0.05, 0) is 48.4 Å². The number of urea groups is 1. The van der Waals surface area contributed by atoms with Gasteiger partial charge in [-0.15, -0.1) is 11.3 Å². The summed E-state index contributed by atoms with van der Waals surface area (Å²) in [6, 6.07) is 19.2. The Morgan fingerprint density at radius 2 is 1.65 bits per heavy atom. The maximum absolute atomic E-state index is 12.5. The third-order valence-electron chi connectivity index (χ3n) is 4.28. The highest BCUT2D eigenvalue weighted by atomic mass is 32.1. The Bertz CT molecular complexity index is 1050. The summed E-state index contributed by atoms with van der Waals surface area (Å²) in [6.07, 6.45) is 0.868. The van der Waals surface area contributed by atoms with Gasteiger partial charge in [-0.3, -0.25) is 14.9 Å². The molecule has 0 atom stereocenters. The molecule has 4 amide bonds. The van der Waals surface area contributed by atoms with Crippen molar-refractivity contribution in [1.29, 1.82) is 0 Å². The molecule has 0 radical (unpaired) electrons. The third kappa shape index (κ3) is 6.68. The molecule has 0 fully saturated rings. The first-order valence-electron chi connectivity index (χ1n) is 9.93. The van der Waals surface area contributed by atoms with Gasteiger partial charge in [0.15, 0.2) is 0 Å². The van der Waals surface area contributed by atoms with Gasteiger partial charge in [-0.2, -0.15) is 0 Å². The van der Waals surface area contributed by atoms with Crippen LogP contribution in [0, 0.1) is 0 Å². The summed E-state index contributed by atoms with van der Waals surface area (Å²) in [5.41, 5.74) is 2.07. The fourth-order valence-corrected chi connectivity index (χ4v) is 3.57. The SMILES string of the molecule is CCCNC(=O)c1cccc(CNC(=O)c2ccc(NC(=O)Nc3ccccc3)s2)c1. The van der Waals surface area contributed by atoms with Crippen molar-refractivity contribution < 1.29 is 14.4 Å². The summed E-state index contributed by atoms with van der Waals surface area (Å²) < 4.78 is 0. The van der Waals surface area contributed by atoms with E-state index in [1.807, 2.05) is 31.2 Å². The molecule has 2 aromatic carbocycles. The summed E-state index contributed by atoms with van der Waals surface area (Å²) in [5, 5.41) is 11.7. The van der Waals surface area contributed by atoms with Crippen LogP contribution in [0.4, 0.5) is 15.5 Å². The lowest BCUT2D eigenvalue weighted by Crippen LogP contribution is -2.25. The van der Waals surface area contributed by atoms with Crippen LogP contribution in [0.5, 0.6) is 0 Å². The highest BCUT2D eigenvalue weighted by Gasteiger charge is 2.12. The number of thiophene rings is 1. The highest BCUT2D eigenvalue weighted by Crippen LogP contribution is 2.22. The van der Waals surface area contributed by atoms with Crippen LogP contribution in [0.2, 0.25) is 0 Å². The minimum atomic E-state index is -0.377. The van der Waals surface area contributed by atoms with Gasteiger partial charge < -0.3 is 16.0 Å². The second-order valence-electron chi connectivity index (χ2n) is 6.75. The summed E-state index contributed by atoms with van der Waals surface area (Å²) in [4.78, 5) is 37.1. The van der Waals surface area contributed by atoms with E-state index >= 15 is 0 Å². The van der Waals surface area contributed by atoms with Gasteiger partial charge in [0.05, 0.1) is 9.88 Å². The van der Waals surface area contributed by atoms with Crippen LogP contribution in [0.1, 0.15) is 38.9 Å². The molecule has 8 heteroatoms. The van der Waals surface area contributed by atoms with Crippen LogP contribution in [0.15, 0.2) is 66.7 Å². The largest absolute Gasteiger partial charge is 0.352 e. The van der Waals surface area contributed by atoms with Crippen molar-refractivity contribution in [1.82, 2.24) is 10.6 Å². The van der Waals surface area contributed by atoms with E-state index in [2.05, 4.69) is 21.3 Å². The summed E-state index contributed by atoms with van der Waals surface area (Å²) in [5.74, 6) is -0.375. The molecule has 0 aliphatic heterocycles. The fourth-order valence-electron chi connectivity index (χ4n) is 2.76. The minimum absolute atomic E-state index is 0.127. The van der Waals surface area contributed by atoms with Gasteiger partial charge in [0.2, 0.25) is 0 Å². The van der Waals surface area contributed by atoms with E-state index in [1.165, 1.54) is 11.3 Å². The lowest BCUT2D eigenvalue weighted by Gasteiger charge is -2.07. The van der Waals surface area contributed by atoms with E-state index in [9.17, 15) is 14.4 Å². The molecule has 3 aromatic rings. The zero-order valence-corrected chi connectivity index (χ0v) is 17.9. The number of carbonyl (C=O) groups excluding carboxylic acids is 3. The Morgan fingerprint density at radius 1 is 0.839 bits per heavy atom. The first kappa shape index (κ1) is 22.0. The first-order valence-corrected chi connectivity index (χ1v) is 10.7. The quantitative estimate of drug-likeness (QED) is 0.419. The third-order valence-corrected chi connectivity index (χ3v) is 5.28. The average molecular weight is 437 g/mol. The molecular weight excluding hydrogens is 412 g/mol. The Kier molecular flexibility index (Phi) is 7.78. The molecule has 7 nitrogen and oxygen atoms in total. The van der Waals surface area contributed by atoms with E-state index in [0.717, 1.165) is 12.0 Å². The van der Waals surface area contributed by atoms with E-state index < -0.39 is 0 Å². The smallest absolute Gasteiger partial charge is 0.324 e. The normalized spacial score (nSPS) is 10.2. The Balaban J connectivity index is 1.52. The number of carbonyl (C=O) groups is 3. The standard InChI is InChI=1S/C23H24N4O3S/c1-2-13-24-21(28)17-8-6-7-16(14-17)15-25-22(29)19-11-12-20(31-19)27-23(30)26-18-9-4-3-5-10-18/h3-12,14H,2,13,15H2,1H3,(H,24,28)(H,25,29)(H2,26,27,30). The number of anilines is 2. The predicted octanol–water partition coefficient (Wildman–Crippen LogP) is 4.46. The second kappa shape index (κ2) is 10.9. The van der Waals surface area contributed by atoms with Gasteiger partial charge in [-0.1, -0.05) is 37.3 Å². The van der Waals surface area contributed by atoms with Crippen molar-refractivity contribution >= 4 is 39.9 Å². The molecule has 4 N–H and O–H groups in total. The van der Waals surface area contributed by atoms with Crippen molar-refractivity contribution in [2.45, 2.75) is 19.9 Å². The van der Waals surface area contributed by atoms with Crippen molar-refractivity contribution in [3.05, 3.63) is 82.7 Å². The number of hydrogen-bond donors (Lipinski definition) is 4. The van der Waals surface area contributed by atoms with Crippen molar-refractivity contribution in [2.75, 3.05) is 17.2 Å². The van der Waals surface area contributed by atoms with Crippen LogP contribution in [-0.4, -0.2) is 24.4 Å². The topological polar surface area (TPSA) is 99.3 Å². The Labute approximate surface area is 184 Å². The Morgan fingerprint density at radius 3 is 2.42 bits per heavy atom. The summed E-state index contributed by atoms with van der Waals surface area (Å²) >= 11 is 1.18. The van der Waals surface area contributed by atoms with E-state index in [0.29, 0.717) is 34.2 Å². The molecule has 0 spiro atoms. The van der Waals surface area contributed by atoms with Gasteiger partial charge in [0.1, 0.15) is 0 Å². The Hall–Kier alpha value is -3.65. The summed E-state index contributed by atoms with van der Waals surface area (Å²) in [6.45, 7) is 2.91. The van der Waals surface area contributed by atoms with E-state index in [-0.39, 0.29) is 17.8 Å². The van der Waals surface area contributed by atoms with Crippen molar-refractivity contribution in [3.8, 4) is 0 Å². The average Bonchev–Trinajstić information content (AvgIpc) is 3.25. The summed E-state index contributed by atoms with van der Waals surface area (Å²) in [7, 11) is 0. The van der Waals surface area contributed by atoms with Crippen molar-refractivity contribution in [2.24, 2.45) is 0 Å².